The number of amides is 2. The number of hydrogen-bond donors (Lipinski definition) is 4. The molecule has 8 rings (SSSR count). The van der Waals surface area contributed by atoms with Gasteiger partial charge in [-0.3, -0.25) is 14.5 Å². The molecule has 2 unspecified atom stereocenters. The van der Waals surface area contributed by atoms with Crippen LogP contribution in [0.2, 0.25) is 0 Å². The van der Waals surface area contributed by atoms with Crippen molar-refractivity contribution >= 4 is 40.6 Å². The van der Waals surface area contributed by atoms with Crippen LogP contribution < -0.4 is 26.0 Å². The number of ether oxygens (including phenoxy) is 2. The van der Waals surface area contributed by atoms with E-state index in [0.717, 1.165) is 45.6 Å². The third kappa shape index (κ3) is 6.46. The Balaban J connectivity index is 1.09. The highest BCUT2D eigenvalue weighted by atomic mass is 19.4. The molecule has 11 nitrogen and oxygen atoms in total. The normalized spacial score (nSPS) is 26.0. The van der Waals surface area contributed by atoms with Crippen LogP contribution in [0, 0.1) is 30.1 Å². The summed E-state index contributed by atoms with van der Waals surface area (Å²) in [5, 5.41) is 11.4. The first-order valence-electron chi connectivity index (χ1n) is 17.1. The van der Waals surface area contributed by atoms with Gasteiger partial charge in [0.1, 0.15) is 17.1 Å². The Morgan fingerprint density at radius 2 is 1.78 bits per heavy atom. The van der Waals surface area contributed by atoms with Crippen LogP contribution >= 0.6 is 0 Å². The summed E-state index contributed by atoms with van der Waals surface area (Å²) in [4.78, 5) is 37.2. The van der Waals surface area contributed by atoms with Crippen LogP contribution in [0.3, 0.4) is 0 Å². The van der Waals surface area contributed by atoms with Crippen LogP contribution in [0.1, 0.15) is 53.6 Å². The molecule has 2 amide bonds. The SMILES string of the molecule is CNC(=O)c1cccc(C)c1Nc1nc(Nc2ccc(NC(=O)C34CC5CC(C3)C(N3CCOCC3)C(C5)C4)cc2OC)ncc1C(F)(F)F. The Morgan fingerprint density at radius 1 is 1.04 bits per heavy atom. The number of carbonyl (C=O) groups is 2. The number of hydrogen-bond acceptors (Lipinski definition) is 9. The summed E-state index contributed by atoms with van der Waals surface area (Å²) >= 11 is 0. The largest absolute Gasteiger partial charge is 0.494 e. The molecule has 1 aromatic heterocycles. The number of rotatable bonds is 9. The minimum atomic E-state index is -4.77. The maximum atomic E-state index is 14.1. The van der Waals surface area contributed by atoms with Gasteiger partial charge in [0.2, 0.25) is 11.9 Å². The quantitative estimate of drug-likeness (QED) is 0.209. The molecular formula is C36H42F3N7O4. The lowest BCUT2D eigenvalue weighted by Crippen LogP contribution is -2.63. The van der Waals surface area contributed by atoms with E-state index < -0.39 is 28.9 Å². The molecule has 1 aliphatic heterocycles. The molecule has 1 saturated heterocycles. The Morgan fingerprint density at radius 3 is 2.46 bits per heavy atom. The van der Waals surface area contributed by atoms with Crippen LogP contribution in [-0.2, 0) is 15.7 Å². The fourth-order valence-electron chi connectivity index (χ4n) is 9.02. The molecule has 266 valence electrons. The molecule has 2 aromatic carbocycles. The summed E-state index contributed by atoms with van der Waals surface area (Å²) in [6.07, 6.45) is 0.975. The van der Waals surface area contributed by atoms with E-state index in [1.54, 1.807) is 37.3 Å². The number of methoxy groups -OCH3 is 1. The minimum absolute atomic E-state index is 0.0363. The third-order valence-electron chi connectivity index (χ3n) is 11.0. The zero-order valence-electron chi connectivity index (χ0n) is 28.3. The molecular weight excluding hydrogens is 651 g/mol. The van der Waals surface area contributed by atoms with Crippen molar-refractivity contribution < 1.29 is 32.2 Å². The molecule has 0 spiro atoms. The second-order valence-electron chi connectivity index (χ2n) is 14.0. The van der Waals surface area contributed by atoms with E-state index in [-0.39, 0.29) is 23.1 Å². The molecule has 2 atom stereocenters. The molecule has 4 N–H and O–H groups in total. The zero-order chi connectivity index (χ0) is 35.2. The number of carbonyl (C=O) groups excluding carboxylic acids is 2. The monoisotopic (exact) mass is 693 g/mol. The van der Waals surface area contributed by atoms with Crippen molar-refractivity contribution in [2.24, 2.45) is 23.2 Å². The molecule has 2 heterocycles. The van der Waals surface area contributed by atoms with Crippen molar-refractivity contribution in [3.05, 3.63) is 59.3 Å². The fourth-order valence-corrected chi connectivity index (χ4v) is 9.02. The standard InChI is InChI=1S/C36H42F3N7O4/c1-20-5-4-6-25(32(47)40-2)29(20)44-31-26(36(37,38)39)19-41-34(45-31)43-27-8-7-24(15-28(27)49-3)42-33(48)35-16-21-13-22(17-35)30(23(14-21)18-35)46-9-11-50-12-10-46/h4-8,15,19,21-23,30H,9-14,16-18H2,1-3H3,(H,40,47)(H,42,48)(H2,41,43,44,45). The molecule has 5 fully saturated rings. The number of para-hydroxylation sites is 1. The van der Waals surface area contributed by atoms with Gasteiger partial charge in [-0.25, -0.2) is 4.98 Å². The first-order chi connectivity index (χ1) is 24.0. The highest BCUT2D eigenvalue weighted by molar-refractivity contribution is 6.01. The first kappa shape index (κ1) is 34.0. The van der Waals surface area contributed by atoms with Crippen molar-refractivity contribution in [2.75, 3.05) is 56.4 Å². The van der Waals surface area contributed by atoms with Crippen LogP contribution in [0.5, 0.6) is 5.75 Å². The van der Waals surface area contributed by atoms with Gasteiger partial charge in [-0.15, -0.1) is 0 Å². The van der Waals surface area contributed by atoms with E-state index in [0.29, 0.717) is 52.7 Å². The first-order valence-corrected chi connectivity index (χ1v) is 17.1. The minimum Gasteiger partial charge on any atom is -0.494 e. The number of aromatic nitrogens is 2. The number of alkyl halides is 3. The lowest BCUT2D eigenvalue weighted by Gasteiger charge is -2.61. The summed E-state index contributed by atoms with van der Waals surface area (Å²) in [5.74, 6) is 0.855. The second-order valence-corrected chi connectivity index (χ2v) is 14.0. The molecule has 3 aromatic rings. The Bertz CT molecular complexity index is 1760. The van der Waals surface area contributed by atoms with Crippen LogP contribution in [0.15, 0.2) is 42.6 Å². The smallest absolute Gasteiger partial charge is 0.421 e. The second kappa shape index (κ2) is 13.4. The van der Waals surface area contributed by atoms with Crippen molar-refractivity contribution in [1.82, 2.24) is 20.2 Å². The van der Waals surface area contributed by atoms with Crippen LogP contribution in [-0.4, -0.2) is 73.2 Å². The number of anilines is 5. The number of aryl methyl sites for hydroxylation is 1. The van der Waals surface area contributed by atoms with Gasteiger partial charge in [0, 0.05) is 44.1 Å². The number of halogens is 3. The van der Waals surface area contributed by atoms with Crippen LogP contribution in [0.4, 0.5) is 42.0 Å². The van der Waals surface area contributed by atoms with Crippen LogP contribution in [0.25, 0.3) is 0 Å². The Kier molecular flexibility index (Phi) is 9.10. The Hall–Kier alpha value is -4.43. The molecule has 4 aliphatic carbocycles. The molecule has 14 heteroatoms. The molecule has 50 heavy (non-hydrogen) atoms. The van der Waals surface area contributed by atoms with Gasteiger partial charge >= 0.3 is 6.18 Å². The van der Waals surface area contributed by atoms with Gasteiger partial charge in [-0.1, -0.05) is 12.1 Å². The van der Waals surface area contributed by atoms with Gasteiger partial charge in [-0.2, -0.15) is 18.2 Å². The lowest BCUT2D eigenvalue weighted by atomic mass is 9.47. The van der Waals surface area contributed by atoms with Gasteiger partial charge in [-0.05, 0) is 80.5 Å². The molecule has 5 aliphatic rings. The lowest BCUT2D eigenvalue weighted by molar-refractivity contribution is -0.154. The summed E-state index contributed by atoms with van der Waals surface area (Å²) < 4.78 is 53.4. The van der Waals surface area contributed by atoms with Crippen molar-refractivity contribution in [3.8, 4) is 5.75 Å². The fraction of sp³-hybridized carbons (Fsp3) is 0.500. The predicted molar refractivity (Wildman–Crippen MR) is 182 cm³/mol. The Labute approximate surface area is 288 Å². The number of nitrogens with zero attached hydrogens (tertiary/aromatic N) is 3. The summed E-state index contributed by atoms with van der Waals surface area (Å²) in [5.41, 5.74) is 0.373. The molecule has 4 bridgehead atoms. The van der Waals surface area contributed by atoms with Crippen molar-refractivity contribution in [2.45, 2.75) is 51.2 Å². The van der Waals surface area contributed by atoms with E-state index in [2.05, 4.69) is 36.1 Å². The van der Waals surface area contributed by atoms with Gasteiger partial charge in [0.15, 0.2) is 0 Å². The summed E-state index contributed by atoms with van der Waals surface area (Å²) in [6, 6.07) is 10.4. The van der Waals surface area contributed by atoms with Gasteiger partial charge in [0.25, 0.3) is 5.91 Å². The maximum Gasteiger partial charge on any atom is 0.421 e. The average Bonchev–Trinajstić information content (AvgIpc) is 3.09. The van der Waals surface area contributed by atoms with Crippen molar-refractivity contribution in [3.63, 3.8) is 0 Å². The number of benzene rings is 2. The summed E-state index contributed by atoms with van der Waals surface area (Å²) in [6.45, 7) is 5.14. The van der Waals surface area contributed by atoms with E-state index in [4.69, 9.17) is 9.47 Å². The van der Waals surface area contributed by atoms with Gasteiger partial charge < -0.3 is 30.7 Å². The molecule has 4 saturated carbocycles. The highest BCUT2D eigenvalue weighted by Gasteiger charge is 2.59. The maximum absolute atomic E-state index is 14.1. The number of nitrogens with one attached hydrogen (secondary N) is 4. The van der Waals surface area contributed by atoms with Gasteiger partial charge in [0.05, 0.1) is 42.7 Å². The third-order valence-corrected chi connectivity index (χ3v) is 11.0. The highest BCUT2D eigenvalue weighted by Crippen LogP contribution is 2.61. The molecule has 0 radical (unpaired) electrons. The van der Waals surface area contributed by atoms with Crippen molar-refractivity contribution in [1.29, 1.82) is 0 Å². The topological polar surface area (TPSA) is 130 Å². The summed E-state index contributed by atoms with van der Waals surface area (Å²) in [7, 11) is 2.91. The predicted octanol–water partition coefficient (Wildman–Crippen LogP) is 6.12. The van der Waals surface area contributed by atoms with E-state index >= 15 is 0 Å². The van der Waals surface area contributed by atoms with E-state index in [9.17, 15) is 22.8 Å². The van der Waals surface area contributed by atoms with E-state index in [1.165, 1.54) is 33.1 Å². The van der Waals surface area contributed by atoms with E-state index in [1.807, 2.05) is 0 Å². The zero-order valence-corrected chi connectivity index (χ0v) is 28.3. The number of morpholine rings is 1. The average molecular weight is 694 g/mol.